The standard InChI is InChI=1S/C9H15N3O3/c1-7(6-15-2)11-5-8(12(13)14)3-4-9(11)10/h3-5,7,9H,6,10H2,1-2H3. The second-order valence-electron chi connectivity index (χ2n) is 3.41. The molecular formula is C9H15N3O3. The zero-order valence-electron chi connectivity index (χ0n) is 8.79. The second kappa shape index (κ2) is 4.90. The molecule has 0 aromatic carbocycles. The zero-order valence-corrected chi connectivity index (χ0v) is 8.79. The van der Waals surface area contributed by atoms with Crippen LogP contribution < -0.4 is 5.73 Å². The van der Waals surface area contributed by atoms with Crippen molar-refractivity contribution in [2.75, 3.05) is 13.7 Å². The molecule has 0 spiro atoms. The lowest BCUT2D eigenvalue weighted by Gasteiger charge is -2.32. The Bertz CT molecular complexity index is 301. The van der Waals surface area contributed by atoms with Gasteiger partial charge in [0.2, 0.25) is 0 Å². The van der Waals surface area contributed by atoms with Crippen LogP contribution in [0.3, 0.4) is 0 Å². The molecule has 1 heterocycles. The Balaban J connectivity index is 2.79. The quantitative estimate of drug-likeness (QED) is 0.536. The van der Waals surface area contributed by atoms with E-state index in [0.717, 1.165) is 0 Å². The third-order valence-corrected chi connectivity index (χ3v) is 2.22. The highest BCUT2D eigenvalue weighted by molar-refractivity contribution is 5.18. The molecule has 1 rings (SSSR count). The Kier molecular flexibility index (Phi) is 3.81. The van der Waals surface area contributed by atoms with Crippen molar-refractivity contribution in [1.82, 2.24) is 4.90 Å². The number of nitrogens with two attached hydrogens (primary N) is 1. The largest absolute Gasteiger partial charge is 0.383 e. The predicted octanol–water partition coefficient (Wildman–Crippen LogP) is 0.296. The van der Waals surface area contributed by atoms with Crippen LogP contribution in [0.15, 0.2) is 24.0 Å². The highest BCUT2D eigenvalue weighted by atomic mass is 16.6. The topological polar surface area (TPSA) is 81.6 Å². The number of nitrogens with zero attached hydrogens (tertiary/aromatic N) is 2. The predicted molar refractivity (Wildman–Crippen MR) is 55.4 cm³/mol. The van der Waals surface area contributed by atoms with E-state index in [2.05, 4.69) is 0 Å². The van der Waals surface area contributed by atoms with Gasteiger partial charge in [-0.2, -0.15) is 0 Å². The summed E-state index contributed by atoms with van der Waals surface area (Å²) in [6.07, 6.45) is 4.14. The van der Waals surface area contributed by atoms with Crippen molar-refractivity contribution in [1.29, 1.82) is 0 Å². The maximum absolute atomic E-state index is 10.6. The molecule has 0 aromatic heterocycles. The molecule has 2 N–H and O–H groups in total. The Labute approximate surface area is 88.1 Å². The van der Waals surface area contributed by atoms with Crippen molar-refractivity contribution in [3.63, 3.8) is 0 Å². The van der Waals surface area contributed by atoms with Crippen LogP contribution in [-0.2, 0) is 4.74 Å². The van der Waals surface area contributed by atoms with Gasteiger partial charge in [0.1, 0.15) is 0 Å². The highest BCUT2D eigenvalue weighted by Crippen LogP contribution is 2.14. The van der Waals surface area contributed by atoms with Gasteiger partial charge in [-0.05, 0) is 13.0 Å². The highest BCUT2D eigenvalue weighted by Gasteiger charge is 2.23. The molecular weight excluding hydrogens is 198 g/mol. The molecule has 2 atom stereocenters. The minimum atomic E-state index is -0.436. The van der Waals surface area contributed by atoms with Gasteiger partial charge in [-0.15, -0.1) is 0 Å². The third kappa shape index (κ3) is 2.77. The van der Waals surface area contributed by atoms with Crippen LogP contribution in [0.5, 0.6) is 0 Å². The van der Waals surface area contributed by atoms with Crippen molar-refractivity contribution in [2.45, 2.75) is 19.1 Å². The summed E-state index contributed by atoms with van der Waals surface area (Å²) in [6.45, 7) is 2.37. The van der Waals surface area contributed by atoms with E-state index >= 15 is 0 Å². The summed E-state index contributed by atoms with van der Waals surface area (Å²) in [4.78, 5) is 11.8. The monoisotopic (exact) mass is 213 g/mol. The van der Waals surface area contributed by atoms with E-state index in [4.69, 9.17) is 10.5 Å². The summed E-state index contributed by atoms with van der Waals surface area (Å²) in [5.41, 5.74) is 5.83. The number of methoxy groups -OCH3 is 1. The van der Waals surface area contributed by atoms with E-state index in [9.17, 15) is 10.1 Å². The van der Waals surface area contributed by atoms with Gasteiger partial charge in [-0.25, -0.2) is 0 Å². The van der Waals surface area contributed by atoms with Crippen LogP contribution in [-0.4, -0.2) is 35.7 Å². The summed E-state index contributed by atoms with van der Waals surface area (Å²) in [5, 5.41) is 10.6. The van der Waals surface area contributed by atoms with Gasteiger partial charge in [-0.3, -0.25) is 10.1 Å². The van der Waals surface area contributed by atoms with E-state index in [1.54, 1.807) is 18.1 Å². The van der Waals surface area contributed by atoms with E-state index in [1.165, 1.54) is 12.3 Å². The Morgan fingerprint density at radius 3 is 3.00 bits per heavy atom. The average Bonchev–Trinajstić information content (AvgIpc) is 2.18. The normalized spacial score (nSPS) is 22.5. The fraction of sp³-hybridized carbons (Fsp3) is 0.556. The fourth-order valence-electron chi connectivity index (χ4n) is 1.43. The lowest BCUT2D eigenvalue weighted by molar-refractivity contribution is -0.420. The Morgan fingerprint density at radius 1 is 1.80 bits per heavy atom. The maximum Gasteiger partial charge on any atom is 0.284 e. The maximum atomic E-state index is 10.6. The lowest BCUT2D eigenvalue weighted by Crippen LogP contribution is -2.45. The van der Waals surface area contributed by atoms with E-state index < -0.39 is 4.92 Å². The molecule has 15 heavy (non-hydrogen) atoms. The van der Waals surface area contributed by atoms with Crippen LogP contribution >= 0.6 is 0 Å². The molecule has 84 valence electrons. The molecule has 0 amide bonds. The van der Waals surface area contributed by atoms with Crippen LogP contribution in [0.1, 0.15) is 6.92 Å². The molecule has 2 unspecified atom stereocenters. The average molecular weight is 213 g/mol. The number of rotatable bonds is 4. The van der Waals surface area contributed by atoms with E-state index in [0.29, 0.717) is 6.61 Å². The smallest absolute Gasteiger partial charge is 0.284 e. The minimum Gasteiger partial charge on any atom is -0.383 e. The first kappa shape index (κ1) is 11.7. The van der Waals surface area contributed by atoms with Gasteiger partial charge in [0.05, 0.1) is 29.9 Å². The van der Waals surface area contributed by atoms with E-state index in [1.807, 2.05) is 6.92 Å². The number of allylic oxidation sites excluding steroid dienone is 1. The summed E-state index contributed by atoms with van der Waals surface area (Å²) in [6, 6.07) is 0.00454. The molecule has 0 fully saturated rings. The molecule has 1 aliphatic rings. The first-order chi connectivity index (χ1) is 7.06. The first-order valence-corrected chi connectivity index (χ1v) is 4.62. The minimum absolute atomic E-state index is 0.00454. The SMILES string of the molecule is COCC(C)N1C=C([N+](=O)[O-])C=CC1N. The first-order valence-electron chi connectivity index (χ1n) is 4.62. The van der Waals surface area contributed by atoms with Crippen molar-refractivity contribution in [3.05, 3.63) is 34.2 Å². The van der Waals surface area contributed by atoms with Gasteiger partial charge in [0, 0.05) is 13.2 Å². The third-order valence-electron chi connectivity index (χ3n) is 2.22. The summed E-state index contributed by atoms with van der Waals surface area (Å²) < 4.78 is 4.98. The molecule has 0 aromatic rings. The van der Waals surface area contributed by atoms with Gasteiger partial charge in [0.15, 0.2) is 0 Å². The number of hydrogen-bond donors (Lipinski definition) is 1. The van der Waals surface area contributed by atoms with Crippen molar-refractivity contribution >= 4 is 0 Å². The van der Waals surface area contributed by atoms with Crippen molar-refractivity contribution in [2.24, 2.45) is 5.73 Å². The number of nitro groups is 1. The van der Waals surface area contributed by atoms with Crippen LogP contribution in [0.25, 0.3) is 0 Å². The lowest BCUT2D eigenvalue weighted by atomic mass is 10.2. The molecule has 0 saturated heterocycles. The van der Waals surface area contributed by atoms with Gasteiger partial charge in [0.25, 0.3) is 5.70 Å². The van der Waals surface area contributed by atoms with Gasteiger partial charge < -0.3 is 15.4 Å². The number of hydrogen-bond acceptors (Lipinski definition) is 5. The second-order valence-corrected chi connectivity index (χ2v) is 3.41. The van der Waals surface area contributed by atoms with Crippen molar-refractivity contribution < 1.29 is 9.66 Å². The van der Waals surface area contributed by atoms with E-state index in [-0.39, 0.29) is 17.9 Å². The Hall–Kier alpha value is -1.40. The van der Waals surface area contributed by atoms with Crippen molar-refractivity contribution in [3.8, 4) is 0 Å². The summed E-state index contributed by atoms with van der Waals surface area (Å²) in [7, 11) is 1.58. The Morgan fingerprint density at radius 2 is 2.47 bits per heavy atom. The van der Waals surface area contributed by atoms with Gasteiger partial charge in [-0.1, -0.05) is 0 Å². The molecule has 0 aliphatic carbocycles. The summed E-state index contributed by atoms with van der Waals surface area (Å²) >= 11 is 0. The van der Waals surface area contributed by atoms with Crippen LogP contribution in [0.2, 0.25) is 0 Å². The molecule has 0 radical (unpaired) electrons. The van der Waals surface area contributed by atoms with Crippen LogP contribution in [0, 0.1) is 10.1 Å². The molecule has 0 bridgehead atoms. The zero-order chi connectivity index (χ0) is 11.4. The molecule has 6 heteroatoms. The van der Waals surface area contributed by atoms with Crippen LogP contribution in [0.4, 0.5) is 0 Å². The molecule has 6 nitrogen and oxygen atoms in total. The fourth-order valence-corrected chi connectivity index (χ4v) is 1.43. The molecule has 1 aliphatic heterocycles. The summed E-state index contributed by atoms with van der Waals surface area (Å²) in [5.74, 6) is 0. The molecule has 0 saturated carbocycles. The number of ether oxygens (including phenoxy) is 1. The van der Waals surface area contributed by atoms with Gasteiger partial charge >= 0.3 is 0 Å².